The highest BCUT2D eigenvalue weighted by molar-refractivity contribution is 6.05. The molecule has 0 spiro atoms. The first-order chi connectivity index (χ1) is 16.5. The quantitative estimate of drug-likeness (QED) is 0.582. The third kappa shape index (κ3) is 5.20. The molecule has 1 unspecified atom stereocenters. The normalized spacial score (nSPS) is 17.4. The molecule has 2 aromatic carbocycles. The van der Waals surface area contributed by atoms with Gasteiger partial charge in [-0.2, -0.15) is 0 Å². The summed E-state index contributed by atoms with van der Waals surface area (Å²) < 4.78 is 5.08. The van der Waals surface area contributed by atoms with Crippen molar-refractivity contribution >= 4 is 29.5 Å². The van der Waals surface area contributed by atoms with Crippen LogP contribution in [0, 0.1) is 0 Å². The number of hydrogen-bond acceptors (Lipinski definition) is 6. The Labute approximate surface area is 199 Å². The number of fused-ring (bicyclic) bond motifs is 1. The number of nitrogens with two attached hydrogens (primary N) is 1. The Morgan fingerprint density at radius 3 is 2.62 bits per heavy atom. The minimum absolute atomic E-state index is 0.0491. The van der Waals surface area contributed by atoms with Gasteiger partial charge in [-0.1, -0.05) is 43.3 Å². The number of esters is 1. The summed E-state index contributed by atoms with van der Waals surface area (Å²) in [6.07, 6.45) is 4.27. The summed E-state index contributed by atoms with van der Waals surface area (Å²) in [4.78, 5) is 31.4. The molecule has 2 heterocycles. The molecule has 2 aromatic rings. The summed E-state index contributed by atoms with van der Waals surface area (Å²) in [5.74, 6) is -0.0135. The first-order valence-corrected chi connectivity index (χ1v) is 11.8. The van der Waals surface area contributed by atoms with Gasteiger partial charge in [-0.15, -0.1) is 0 Å². The fourth-order valence-corrected chi connectivity index (χ4v) is 4.46. The predicted octanol–water partition coefficient (Wildman–Crippen LogP) is 3.78. The zero-order chi connectivity index (χ0) is 24.1. The number of aliphatic hydroxyl groups excluding tert-OH is 1. The second kappa shape index (κ2) is 10.7. The first kappa shape index (κ1) is 23.7. The van der Waals surface area contributed by atoms with Gasteiger partial charge in [0.05, 0.1) is 18.2 Å². The Balaban J connectivity index is 1.59. The molecular weight excluding hydrogens is 430 g/mol. The third-order valence-electron chi connectivity index (χ3n) is 6.22. The summed E-state index contributed by atoms with van der Waals surface area (Å²) >= 11 is 0. The molecule has 4 rings (SSSR count). The van der Waals surface area contributed by atoms with Crippen LogP contribution in [0.15, 0.2) is 53.0 Å². The average molecular weight is 462 g/mol. The van der Waals surface area contributed by atoms with Crippen molar-refractivity contribution in [1.29, 1.82) is 0 Å². The molecule has 3 N–H and O–H groups in total. The Bertz CT molecular complexity index is 1120. The topological polar surface area (TPSA) is 105 Å². The lowest BCUT2D eigenvalue weighted by Crippen LogP contribution is -2.35. The highest BCUT2D eigenvalue weighted by Crippen LogP contribution is 2.33. The second-order valence-corrected chi connectivity index (χ2v) is 8.72. The molecule has 1 saturated heterocycles. The number of hydrogen-bond donors (Lipinski definition) is 2. The highest BCUT2D eigenvalue weighted by atomic mass is 16.5. The first-order valence-electron chi connectivity index (χ1n) is 11.8. The summed E-state index contributed by atoms with van der Waals surface area (Å²) in [6, 6.07) is 13.9. The van der Waals surface area contributed by atoms with E-state index in [1.54, 1.807) is 4.90 Å². The number of nitrogens with zero attached hydrogens (tertiary/aromatic N) is 2. The molecular formula is C27H31N3O4. The number of aliphatic hydroxyl groups is 1. The van der Waals surface area contributed by atoms with Gasteiger partial charge in [0, 0.05) is 37.3 Å². The van der Waals surface area contributed by atoms with Crippen LogP contribution in [-0.4, -0.2) is 54.0 Å². The Morgan fingerprint density at radius 1 is 1.18 bits per heavy atom. The number of carbonyl (C=O) groups is 2. The van der Waals surface area contributed by atoms with Gasteiger partial charge in [-0.25, -0.2) is 4.99 Å². The fraction of sp³-hybridized carbons (Fsp3) is 0.370. The van der Waals surface area contributed by atoms with Crippen molar-refractivity contribution < 1.29 is 19.4 Å². The summed E-state index contributed by atoms with van der Waals surface area (Å²) in [5, 5.41) is 9.18. The van der Waals surface area contributed by atoms with Gasteiger partial charge in [-0.3, -0.25) is 9.59 Å². The molecule has 178 valence electrons. The van der Waals surface area contributed by atoms with E-state index in [1.165, 1.54) is 0 Å². The van der Waals surface area contributed by atoms with E-state index in [9.17, 15) is 14.7 Å². The van der Waals surface area contributed by atoms with E-state index in [-0.39, 0.29) is 30.8 Å². The molecule has 1 fully saturated rings. The summed E-state index contributed by atoms with van der Waals surface area (Å²) in [7, 11) is 0. The fourth-order valence-electron chi connectivity index (χ4n) is 4.46. The predicted molar refractivity (Wildman–Crippen MR) is 133 cm³/mol. The zero-order valence-corrected chi connectivity index (χ0v) is 19.5. The van der Waals surface area contributed by atoms with E-state index in [1.807, 2.05) is 55.5 Å². The van der Waals surface area contributed by atoms with Gasteiger partial charge < -0.3 is 20.5 Å². The molecule has 0 bridgehead atoms. The van der Waals surface area contributed by atoms with Crippen molar-refractivity contribution in [2.24, 2.45) is 10.7 Å². The van der Waals surface area contributed by atoms with Crippen LogP contribution in [0.25, 0.3) is 17.2 Å². The zero-order valence-electron chi connectivity index (χ0n) is 19.5. The van der Waals surface area contributed by atoms with Crippen LogP contribution >= 0.6 is 0 Å². The van der Waals surface area contributed by atoms with E-state index in [0.717, 1.165) is 34.4 Å². The molecule has 0 aliphatic carbocycles. The molecule has 0 saturated carbocycles. The molecule has 34 heavy (non-hydrogen) atoms. The number of benzene rings is 2. The monoisotopic (exact) mass is 461 g/mol. The number of rotatable bonds is 8. The van der Waals surface area contributed by atoms with Gasteiger partial charge in [0.1, 0.15) is 5.84 Å². The Hall–Kier alpha value is -3.45. The lowest BCUT2D eigenvalue weighted by molar-refractivity contribution is -0.139. The molecule has 1 amide bonds. The van der Waals surface area contributed by atoms with E-state index in [2.05, 4.69) is 4.99 Å². The van der Waals surface area contributed by atoms with Crippen LogP contribution in [-0.2, 0) is 14.3 Å². The molecule has 2 aliphatic heterocycles. The maximum atomic E-state index is 13.2. The number of carbonyl (C=O) groups excluding carboxylic acids is 2. The van der Waals surface area contributed by atoms with E-state index < -0.39 is 0 Å². The highest BCUT2D eigenvalue weighted by Gasteiger charge is 2.28. The third-order valence-corrected chi connectivity index (χ3v) is 6.22. The van der Waals surface area contributed by atoms with E-state index in [0.29, 0.717) is 43.9 Å². The molecule has 7 nitrogen and oxygen atoms in total. The van der Waals surface area contributed by atoms with Crippen LogP contribution in [0.4, 0.5) is 5.69 Å². The number of aliphatic imine (C=N–C) groups is 1. The molecule has 2 aliphatic rings. The van der Waals surface area contributed by atoms with Crippen molar-refractivity contribution in [2.45, 2.75) is 38.5 Å². The Morgan fingerprint density at radius 2 is 1.94 bits per heavy atom. The van der Waals surface area contributed by atoms with Crippen LogP contribution in [0.3, 0.4) is 0 Å². The average Bonchev–Trinajstić information content (AvgIpc) is 3.19. The summed E-state index contributed by atoms with van der Waals surface area (Å²) in [5.41, 5.74) is 11.3. The Kier molecular flexibility index (Phi) is 7.43. The summed E-state index contributed by atoms with van der Waals surface area (Å²) in [6.45, 7) is 3.70. The van der Waals surface area contributed by atoms with Crippen LogP contribution < -0.4 is 5.73 Å². The van der Waals surface area contributed by atoms with Gasteiger partial charge in [0.25, 0.3) is 0 Å². The number of cyclic esters (lactones) is 1. The minimum atomic E-state index is -0.184. The van der Waals surface area contributed by atoms with Gasteiger partial charge in [0.2, 0.25) is 5.91 Å². The van der Waals surface area contributed by atoms with E-state index in [4.69, 9.17) is 10.5 Å². The molecule has 7 heteroatoms. The standard InChI is InChI=1S/C27H31N3O4/c1-2-11-30(12-3-13-31)26(32)22-15-21-9-8-20(16-24(21)29-25(28)17-22)18-4-6-19(7-5-18)23-10-14-34-27(23)33/h4-9,15-16,23,31H,2-3,10-14,17H2,1H3,(H2,28,29). The maximum absolute atomic E-state index is 13.2. The minimum Gasteiger partial charge on any atom is -0.465 e. The lowest BCUT2D eigenvalue weighted by Gasteiger charge is -2.23. The maximum Gasteiger partial charge on any atom is 0.313 e. The van der Waals surface area contributed by atoms with Crippen molar-refractivity contribution in [3.63, 3.8) is 0 Å². The number of amidine groups is 1. The lowest BCUT2D eigenvalue weighted by atomic mass is 9.94. The SMILES string of the molecule is CCCN(CCCO)C(=O)C1=Cc2ccc(-c3ccc(C4CCOC4=O)cc3)cc2N=C(N)C1. The van der Waals surface area contributed by atoms with Crippen LogP contribution in [0.2, 0.25) is 0 Å². The molecule has 0 aromatic heterocycles. The van der Waals surface area contributed by atoms with Crippen LogP contribution in [0.5, 0.6) is 0 Å². The van der Waals surface area contributed by atoms with Crippen LogP contribution in [0.1, 0.15) is 49.7 Å². The number of amides is 1. The molecule has 0 radical (unpaired) electrons. The molecule has 1 atom stereocenters. The number of ether oxygens (including phenoxy) is 1. The van der Waals surface area contributed by atoms with Gasteiger partial charge >= 0.3 is 5.97 Å². The largest absolute Gasteiger partial charge is 0.465 e. The smallest absolute Gasteiger partial charge is 0.313 e. The van der Waals surface area contributed by atoms with E-state index >= 15 is 0 Å². The van der Waals surface area contributed by atoms with Crippen molar-refractivity contribution in [3.8, 4) is 11.1 Å². The van der Waals surface area contributed by atoms with Gasteiger partial charge in [0.15, 0.2) is 0 Å². The van der Waals surface area contributed by atoms with Crippen molar-refractivity contribution in [1.82, 2.24) is 4.90 Å². The second-order valence-electron chi connectivity index (χ2n) is 8.72. The van der Waals surface area contributed by atoms with Crippen molar-refractivity contribution in [3.05, 3.63) is 59.2 Å². The van der Waals surface area contributed by atoms with Gasteiger partial charge in [-0.05, 0) is 48.1 Å². The van der Waals surface area contributed by atoms with Crippen molar-refractivity contribution in [2.75, 3.05) is 26.3 Å².